The van der Waals surface area contributed by atoms with Crippen molar-refractivity contribution in [1.82, 2.24) is 6.15 Å². The predicted molar refractivity (Wildman–Crippen MR) is 33.7 cm³/mol. The monoisotopic (exact) mass is 215 g/mol. The molecule has 0 aliphatic rings. The summed E-state index contributed by atoms with van der Waals surface area (Å²) in [6.07, 6.45) is 0. The Morgan fingerprint density at radius 1 is 1.36 bits per heavy atom. The van der Waals surface area contributed by atoms with Gasteiger partial charge in [-0.15, -0.1) is 0 Å². The Morgan fingerprint density at radius 2 is 1.36 bits per heavy atom. The van der Waals surface area contributed by atoms with E-state index in [-0.39, 0.29) is 59.0 Å². The quantitative estimate of drug-likeness (QED) is 0.207. The van der Waals surface area contributed by atoms with Crippen molar-refractivity contribution in [3.05, 3.63) is 0 Å². The van der Waals surface area contributed by atoms with Crippen molar-refractivity contribution < 1.29 is 82.0 Å². The van der Waals surface area contributed by atoms with Crippen molar-refractivity contribution in [1.29, 1.82) is 0 Å². The molecule has 0 rings (SSSR count). The van der Waals surface area contributed by atoms with Gasteiger partial charge >= 0.3 is 59.2 Å². The molecular weight excluding hydrogens is 204 g/mol. The summed E-state index contributed by atoms with van der Waals surface area (Å²) in [5, 5.41) is 7.42. The summed E-state index contributed by atoms with van der Waals surface area (Å²) in [6.45, 7) is 1.08. The van der Waals surface area contributed by atoms with E-state index in [1.54, 1.807) is 0 Å². The molecule has 0 aromatic carbocycles. The molecule has 0 bridgehead atoms. The number of hydrogen-bond donors (Lipinski definition) is 5. The maximum absolute atomic E-state index is 9.00. The van der Waals surface area contributed by atoms with E-state index in [0.717, 1.165) is 6.92 Å². The fourth-order valence-electron chi connectivity index (χ4n) is 0. The summed E-state index contributed by atoms with van der Waals surface area (Å²) < 4.78 is 8.88. The molecule has 0 radical (unpaired) electrons. The summed E-state index contributed by atoms with van der Waals surface area (Å²) in [4.78, 5) is 30.6. The molecule has 0 aliphatic carbocycles. The molecule has 0 saturated carbocycles. The van der Waals surface area contributed by atoms with Crippen LogP contribution in [0.4, 0.5) is 0 Å². The van der Waals surface area contributed by atoms with Crippen molar-refractivity contribution >= 4 is 13.8 Å². The average molecular weight is 215 g/mol. The summed E-state index contributed by atoms with van der Waals surface area (Å²) >= 11 is 0. The number of hydrogen-bond acceptors (Lipinski definition) is 3. The molecule has 0 fully saturated rings. The third-order valence-corrected chi connectivity index (χ3v) is 0. The Hall–Kier alpha value is 1.18. The van der Waals surface area contributed by atoms with E-state index in [0.29, 0.717) is 0 Å². The van der Waals surface area contributed by atoms with Crippen LogP contribution in [0.1, 0.15) is 8.35 Å². The molecule has 0 amide bonds. The molecule has 9 heteroatoms. The van der Waals surface area contributed by atoms with Crippen molar-refractivity contribution in [2.75, 3.05) is 0 Å². The second kappa shape index (κ2) is 11.2. The zero-order valence-corrected chi connectivity index (χ0v) is 10.3. The number of carboxylic acids is 1. The first-order valence-electron chi connectivity index (χ1n) is 1.71. The van der Waals surface area contributed by atoms with Gasteiger partial charge in [-0.1, -0.05) is 0 Å². The van der Waals surface area contributed by atoms with Gasteiger partial charge in [0.25, 0.3) is 5.97 Å². The molecular formula is C2H11KNO6P. The van der Waals surface area contributed by atoms with Gasteiger partial charge in [0, 0.05) is 6.92 Å². The van der Waals surface area contributed by atoms with Crippen molar-refractivity contribution in [2.24, 2.45) is 0 Å². The Morgan fingerprint density at radius 3 is 1.36 bits per heavy atom. The van der Waals surface area contributed by atoms with Crippen LogP contribution in [0.2, 0.25) is 0 Å². The third-order valence-electron chi connectivity index (χ3n) is 0. The van der Waals surface area contributed by atoms with Gasteiger partial charge < -0.3 is 27.4 Å². The zero-order valence-electron chi connectivity index (χ0n) is 7.26. The van der Waals surface area contributed by atoms with Crippen molar-refractivity contribution in [3.63, 3.8) is 0 Å². The van der Waals surface area contributed by atoms with Crippen LogP contribution in [0, 0.1) is 0 Å². The van der Waals surface area contributed by atoms with Gasteiger partial charge in [-0.25, -0.2) is 4.57 Å². The minimum absolute atomic E-state index is 0. The Kier molecular flexibility index (Phi) is 23.1. The second-order valence-electron chi connectivity index (χ2n) is 1.03. The first-order chi connectivity index (χ1) is 3.73. The first-order valence-corrected chi connectivity index (χ1v) is 3.28. The van der Waals surface area contributed by atoms with E-state index in [9.17, 15) is 0 Å². The summed E-state index contributed by atoms with van der Waals surface area (Å²) in [5.41, 5.74) is 0. The van der Waals surface area contributed by atoms with Gasteiger partial charge in [0.2, 0.25) is 0 Å². The maximum atomic E-state index is 9.00. The fourth-order valence-corrected chi connectivity index (χ4v) is 0. The molecule has 0 unspecified atom stereocenters. The molecule has 0 aromatic rings. The first kappa shape index (κ1) is 22.8. The van der Waals surface area contributed by atoms with Gasteiger partial charge in [-0.2, -0.15) is 0 Å². The largest absolute Gasteiger partial charge is 1.00 e. The molecule has 0 aromatic heterocycles. The van der Waals surface area contributed by atoms with Gasteiger partial charge in [-0.3, -0.25) is 4.79 Å². The summed E-state index contributed by atoms with van der Waals surface area (Å²) in [5.74, 6) is -0.833. The normalized spacial score (nSPS) is 7.64. The van der Waals surface area contributed by atoms with Crippen LogP contribution in [-0.4, -0.2) is 25.8 Å². The van der Waals surface area contributed by atoms with E-state index in [4.69, 9.17) is 29.1 Å². The SMILES string of the molecule is CC(=O)O.N.O=P(O)(O)O.[H-].[K+]. The topological polar surface area (TPSA) is 150 Å². The molecule has 7 N–H and O–H groups in total. The van der Waals surface area contributed by atoms with E-state index >= 15 is 0 Å². The van der Waals surface area contributed by atoms with E-state index < -0.39 is 13.8 Å². The van der Waals surface area contributed by atoms with Gasteiger partial charge in [0.1, 0.15) is 0 Å². The van der Waals surface area contributed by atoms with Crippen LogP contribution < -0.4 is 57.5 Å². The van der Waals surface area contributed by atoms with Crippen LogP contribution in [0.3, 0.4) is 0 Å². The third kappa shape index (κ3) is 680. The number of aliphatic carboxylic acids is 1. The molecule has 7 nitrogen and oxygen atoms in total. The van der Waals surface area contributed by atoms with Crippen LogP contribution >= 0.6 is 7.82 Å². The fraction of sp³-hybridized carbons (Fsp3) is 0.500. The van der Waals surface area contributed by atoms with Crippen molar-refractivity contribution in [3.8, 4) is 0 Å². The van der Waals surface area contributed by atoms with E-state index in [1.165, 1.54) is 0 Å². The van der Waals surface area contributed by atoms with Crippen LogP contribution in [0.25, 0.3) is 0 Å². The van der Waals surface area contributed by atoms with Crippen LogP contribution in [0.15, 0.2) is 0 Å². The van der Waals surface area contributed by atoms with Gasteiger partial charge in [0.05, 0.1) is 0 Å². The number of phosphoric acid groups is 1. The Bertz CT molecular complexity index is 125. The number of carbonyl (C=O) groups is 1. The minimum atomic E-state index is -4.64. The van der Waals surface area contributed by atoms with Crippen molar-refractivity contribution in [2.45, 2.75) is 6.92 Å². The molecule has 0 spiro atoms. The molecule has 66 valence electrons. The Balaban J connectivity index is -0.0000000221. The zero-order chi connectivity index (χ0) is 8.08. The average Bonchev–Trinajstić information content (AvgIpc) is 1.19. The number of carboxylic acid groups (broad SMARTS) is 1. The van der Waals surface area contributed by atoms with Gasteiger partial charge in [-0.05, 0) is 0 Å². The summed E-state index contributed by atoms with van der Waals surface area (Å²) in [6, 6.07) is 0. The van der Waals surface area contributed by atoms with Crippen LogP contribution in [0.5, 0.6) is 0 Å². The van der Waals surface area contributed by atoms with E-state index in [2.05, 4.69) is 0 Å². The molecule has 11 heavy (non-hydrogen) atoms. The predicted octanol–water partition coefficient (Wildman–Crippen LogP) is -3.56. The molecule has 0 saturated heterocycles. The molecule has 0 heterocycles. The maximum Gasteiger partial charge on any atom is 1.00 e. The second-order valence-corrected chi connectivity index (χ2v) is 2.06. The van der Waals surface area contributed by atoms with Crippen LogP contribution in [-0.2, 0) is 9.36 Å². The summed E-state index contributed by atoms with van der Waals surface area (Å²) in [7, 11) is -4.64. The molecule has 0 atom stereocenters. The van der Waals surface area contributed by atoms with E-state index in [1.807, 2.05) is 0 Å². The minimum Gasteiger partial charge on any atom is -1.00 e. The Labute approximate surface area is 108 Å². The molecule has 0 aliphatic heterocycles. The number of rotatable bonds is 0. The van der Waals surface area contributed by atoms with Gasteiger partial charge in [0.15, 0.2) is 0 Å². The standard InChI is InChI=1S/C2H4O2.K.H3N.H3O4P.H/c1-2(3)4;;;1-5(2,3)4;/h1H3,(H,3,4);;1H3;(H3,1,2,3,4);/q;+1;;;-1. The smallest absolute Gasteiger partial charge is 1.00 e.